The van der Waals surface area contributed by atoms with E-state index < -0.39 is 29.4 Å². The van der Waals surface area contributed by atoms with Crippen LogP contribution in [-0.4, -0.2) is 105 Å². The molecular formula is C65H79BrN8O6S2. The quantitative estimate of drug-likeness (QED) is 0.133. The number of anilines is 3. The first-order valence-corrected chi connectivity index (χ1v) is 30.9. The Labute approximate surface area is 499 Å². The average Bonchev–Trinajstić information content (AvgIpc) is 3.32. The van der Waals surface area contributed by atoms with Gasteiger partial charge in [-0.05, 0) is 171 Å². The molecule has 8 aromatic rings. The number of ether oxygens (including phenoxy) is 3. The van der Waals surface area contributed by atoms with Crippen molar-refractivity contribution in [2.45, 2.75) is 146 Å². The highest BCUT2D eigenvalue weighted by Gasteiger charge is 2.39. The van der Waals surface area contributed by atoms with Crippen LogP contribution in [0.15, 0.2) is 64.6 Å². The number of carbonyl (C=O) groups excluding carboxylic acids is 1. The Morgan fingerprint density at radius 2 is 1.16 bits per heavy atom. The van der Waals surface area contributed by atoms with Gasteiger partial charge in [-0.15, -0.1) is 22.7 Å². The Hall–Kier alpha value is -5.92. The number of likely N-dealkylation sites (N-methyl/N-ethyl adjacent to an activating group) is 2. The Balaban J connectivity index is 0.000000158. The zero-order chi connectivity index (χ0) is 58.9. The molecule has 434 valence electrons. The van der Waals surface area contributed by atoms with Crippen molar-refractivity contribution in [2.75, 3.05) is 57.6 Å². The van der Waals surface area contributed by atoms with Gasteiger partial charge in [-0.1, -0.05) is 59.7 Å². The number of halogens is 1. The largest absolute Gasteiger partial charge is 0.479 e. The zero-order valence-corrected chi connectivity index (χ0v) is 53.5. The van der Waals surface area contributed by atoms with Crippen LogP contribution < -0.4 is 10.2 Å². The second kappa shape index (κ2) is 23.3. The number of hydrogen-bond acceptors (Lipinski definition) is 13. The van der Waals surface area contributed by atoms with Gasteiger partial charge in [0, 0.05) is 95.4 Å². The fourth-order valence-corrected chi connectivity index (χ4v) is 14.9. The summed E-state index contributed by atoms with van der Waals surface area (Å²) in [6.07, 6.45) is 0.228. The number of fused-ring (bicyclic) bond motifs is 2. The molecule has 17 heteroatoms. The molecule has 8 heterocycles. The summed E-state index contributed by atoms with van der Waals surface area (Å²) in [5, 5.41) is 17.4. The molecule has 0 radical (unpaired) electrons. The number of rotatable bonds is 9. The second-order valence-corrected chi connectivity index (χ2v) is 27.9. The van der Waals surface area contributed by atoms with Crippen LogP contribution in [0, 0.1) is 41.5 Å². The van der Waals surface area contributed by atoms with Gasteiger partial charge < -0.3 is 48.5 Å². The van der Waals surface area contributed by atoms with Gasteiger partial charge in [0.15, 0.2) is 21.3 Å². The van der Waals surface area contributed by atoms with Crippen LogP contribution >= 0.6 is 38.6 Å². The van der Waals surface area contributed by atoms with Crippen molar-refractivity contribution in [3.8, 4) is 22.3 Å². The van der Waals surface area contributed by atoms with E-state index in [1.54, 1.807) is 22.7 Å². The molecule has 0 spiro atoms. The molecule has 0 saturated carbocycles. The van der Waals surface area contributed by atoms with Crippen LogP contribution in [0.25, 0.3) is 44.1 Å². The SMILES string of the molecule is CN1CCc2sc(Br)nc2C1.COC(=O)[C@@H](OC(C)(C)C)c1c(C)c2c3c(cc(C)n3CCN2)c1-c1ccc(C)cc1.Cc1ccc(-c2c([C@H](OC(C)(C)C)C(=O)O)c(C)c3c4c2cc(C)n4CCN3c2nc3c(s2)CCN(C)C3)cc1. The first kappa shape index (κ1) is 59.2. The van der Waals surface area contributed by atoms with Crippen LogP contribution in [0.2, 0.25) is 0 Å². The molecule has 14 nitrogen and oxygen atoms in total. The number of aryl methyl sites for hydroxylation is 4. The fraction of sp³-hybridized carbons (Fsp3) is 0.446. The lowest BCUT2D eigenvalue weighted by Gasteiger charge is -2.34. The van der Waals surface area contributed by atoms with E-state index in [4.69, 9.17) is 19.2 Å². The minimum absolute atomic E-state index is 0.384. The topological polar surface area (TPSA) is 139 Å². The molecule has 0 bridgehead atoms. The molecule has 4 aliphatic heterocycles. The van der Waals surface area contributed by atoms with Crippen molar-refractivity contribution in [1.29, 1.82) is 0 Å². The minimum atomic E-state index is -1.12. The maximum absolute atomic E-state index is 13.0. The van der Waals surface area contributed by atoms with Crippen molar-refractivity contribution in [3.05, 3.63) is 130 Å². The second-order valence-electron chi connectivity index (χ2n) is 24.5. The lowest BCUT2D eigenvalue weighted by atomic mass is 9.87. The fourth-order valence-electron chi connectivity index (χ4n) is 12.2. The summed E-state index contributed by atoms with van der Waals surface area (Å²) in [4.78, 5) is 45.3. The lowest BCUT2D eigenvalue weighted by Crippen LogP contribution is -2.31. The molecule has 12 rings (SSSR count). The number of benzene rings is 4. The lowest BCUT2D eigenvalue weighted by molar-refractivity contribution is -0.164. The van der Waals surface area contributed by atoms with Crippen LogP contribution in [0.4, 0.5) is 16.5 Å². The number of aliphatic carboxylic acids is 1. The molecule has 2 N–H and O–H groups in total. The summed E-state index contributed by atoms with van der Waals surface area (Å²) in [7, 11) is 5.70. The number of methoxy groups -OCH3 is 1. The van der Waals surface area contributed by atoms with E-state index in [9.17, 15) is 14.7 Å². The molecule has 0 fully saturated rings. The molecule has 0 unspecified atom stereocenters. The normalized spacial score (nSPS) is 15.9. The summed E-state index contributed by atoms with van der Waals surface area (Å²) < 4.78 is 23.7. The van der Waals surface area contributed by atoms with E-state index in [2.05, 4.69) is 166 Å². The van der Waals surface area contributed by atoms with Crippen LogP contribution in [0.3, 0.4) is 0 Å². The Kier molecular flexibility index (Phi) is 16.8. The van der Waals surface area contributed by atoms with Crippen molar-refractivity contribution in [1.82, 2.24) is 28.9 Å². The number of nitrogens with one attached hydrogen (secondary N) is 1. The average molecular weight is 1210 g/mol. The highest BCUT2D eigenvalue weighted by atomic mass is 79.9. The van der Waals surface area contributed by atoms with Crippen LogP contribution in [0.5, 0.6) is 0 Å². The van der Waals surface area contributed by atoms with Crippen molar-refractivity contribution >= 4 is 88.9 Å². The Morgan fingerprint density at radius 1 is 0.659 bits per heavy atom. The van der Waals surface area contributed by atoms with Gasteiger partial charge in [-0.2, -0.15) is 0 Å². The van der Waals surface area contributed by atoms with Crippen molar-refractivity contribution < 1.29 is 28.9 Å². The third-order valence-electron chi connectivity index (χ3n) is 16.0. The van der Waals surface area contributed by atoms with Gasteiger partial charge in [0.1, 0.15) is 0 Å². The van der Waals surface area contributed by atoms with E-state index in [0.717, 1.165) is 151 Å². The standard InChI is InChI=1S/C32H38N4O3S.C26H32N2O3.C7H9BrN2S/c1-18-8-10-21(11-9-18)26-22-16-19(2)35-14-15-36(31-33-23-17-34(7)13-12-24(23)40-31)27(28(22)35)20(3)25(26)29(30(37)38)39-32(4,5)6;1-15-8-10-18(11-9-15)21-19-14-16(2)28-13-12-27-22(23(19)28)17(3)20(21)24(25(29)30-7)31-26(4,5)6;1-10-3-2-6-5(4-10)9-7(8)11-6/h8-11,16,29H,12-15,17H2,1-7H3,(H,37,38);8-11,14,24,27H,12-13H2,1-7H3;2-4H2,1H3/t29-;24-;/m00./s1. The highest BCUT2D eigenvalue weighted by molar-refractivity contribution is 9.11. The number of aromatic nitrogens is 4. The molecule has 0 saturated heterocycles. The third kappa shape index (κ3) is 11.8. The minimum Gasteiger partial charge on any atom is -0.479 e. The van der Waals surface area contributed by atoms with Crippen LogP contribution in [-0.2, 0) is 62.8 Å². The van der Waals surface area contributed by atoms with Crippen molar-refractivity contribution in [2.24, 2.45) is 0 Å². The molecule has 4 aromatic carbocycles. The van der Waals surface area contributed by atoms with E-state index in [1.807, 2.05) is 41.5 Å². The molecule has 2 atom stereocenters. The molecule has 0 amide bonds. The summed E-state index contributed by atoms with van der Waals surface area (Å²) in [5.74, 6) is -1.37. The number of carbonyl (C=O) groups is 2. The van der Waals surface area contributed by atoms with Gasteiger partial charge in [0.2, 0.25) is 0 Å². The maximum atomic E-state index is 13.0. The van der Waals surface area contributed by atoms with Gasteiger partial charge in [0.25, 0.3) is 0 Å². The number of esters is 1. The molecule has 82 heavy (non-hydrogen) atoms. The van der Waals surface area contributed by atoms with E-state index in [-0.39, 0.29) is 5.97 Å². The molecule has 4 aliphatic rings. The number of carboxylic acids is 1. The van der Waals surface area contributed by atoms with E-state index >= 15 is 0 Å². The number of carboxylic acid groups (broad SMARTS) is 1. The summed E-state index contributed by atoms with van der Waals surface area (Å²) in [6, 6.07) is 21.3. The maximum Gasteiger partial charge on any atom is 0.339 e. The third-order valence-corrected chi connectivity index (χ3v) is 18.7. The zero-order valence-electron chi connectivity index (χ0n) is 50.3. The Morgan fingerprint density at radius 3 is 1.70 bits per heavy atom. The number of hydrogen-bond donors (Lipinski definition) is 2. The van der Waals surface area contributed by atoms with Gasteiger partial charge >= 0.3 is 11.9 Å². The monoisotopic (exact) mass is 1210 g/mol. The van der Waals surface area contributed by atoms with Crippen LogP contribution in [0.1, 0.15) is 120 Å². The first-order chi connectivity index (χ1) is 38.8. The van der Waals surface area contributed by atoms with E-state index in [1.165, 1.54) is 51.6 Å². The van der Waals surface area contributed by atoms with Gasteiger partial charge in [-0.3, -0.25) is 0 Å². The summed E-state index contributed by atoms with van der Waals surface area (Å²) in [5.41, 5.74) is 18.1. The molecular weight excluding hydrogens is 1130 g/mol. The first-order valence-electron chi connectivity index (χ1n) is 28.4. The molecule has 4 aromatic heterocycles. The number of nitrogens with zero attached hydrogens (tertiary/aromatic N) is 7. The Bertz CT molecular complexity index is 3730. The smallest absolute Gasteiger partial charge is 0.339 e. The van der Waals surface area contributed by atoms with E-state index in [0.29, 0.717) is 0 Å². The molecule has 0 aliphatic carbocycles. The van der Waals surface area contributed by atoms with Gasteiger partial charge in [0.05, 0.1) is 52.1 Å². The number of thiazole rings is 2. The highest BCUT2D eigenvalue weighted by Crippen LogP contribution is 2.51. The summed E-state index contributed by atoms with van der Waals surface area (Å²) >= 11 is 6.95. The van der Waals surface area contributed by atoms with Crippen molar-refractivity contribution in [3.63, 3.8) is 0 Å². The van der Waals surface area contributed by atoms with Gasteiger partial charge in [-0.25, -0.2) is 19.6 Å². The summed E-state index contributed by atoms with van der Waals surface area (Å²) in [6.45, 7) is 31.7. The predicted octanol–water partition coefficient (Wildman–Crippen LogP) is 14.4. The predicted molar refractivity (Wildman–Crippen MR) is 337 cm³/mol.